The molecule has 4 heteroatoms. The standard InChI is InChI=1S/C19H18N2O2/c1-2-3-12-20-17-13-8-4-5-9-14(13)19(23)21(17)16-11-7-6-10-15(16)18(20)22/h4-11,17H,2-3,12H2,1H3. The lowest BCUT2D eigenvalue weighted by Gasteiger charge is -2.41. The van der Waals surface area contributed by atoms with Gasteiger partial charge < -0.3 is 4.90 Å². The highest BCUT2D eigenvalue weighted by molar-refractivity contribution is 6.16. The minimum atomic E-state index is -0.312. The van der Waals surface area contributed by atoms with E-state index in [4.69, 9.17) is 0 Å². The number of amides is 2. The first-order valence-corrected chi connectivity index (χ1v) is 8.06. The number of benzene rings is 2. The first-order chi connectivity index (χ1) is 11.2. The maximum Gasteiger partial charge on any atom is 0.260 e. The Balaban J connectivity index is 1.91. The second-order valence-electron chi connectivity index (χ2n) is 6.01. The van der Waals surface area contributed by atoms with E-state index in [1.807, 2.05) is 53.4 Å². The molecule has 0 spiro atoms. The molecule has 2 amide bonds. The maximum absolute atomic E-state index is 13.0. The second-order valence-corrected chi connectivity index (χ2v) is 6.01. The second kappa shape index (κ2) is 5.23. The number of nitrogens with zero attached hydrogens (tertiary/aromatic N) is 2. The Hall–Kier alpha value is -2.62. The van der Waals surface area contributed by atoms with Crippen LogP contribution in [0.5, 0.6) is 0 Å². The molecule has 23 heavy (non-hydrogen) atoms. The summed E-state index contributed by atoms with van der Waals surface area (Å²) in [6.07, 6.45) is 1.62. The highest BCUT2D eigenvalue weighted by Crippen LogP contribution is 2.45. The molecule has 1 unspecified atom stereocenters. The Morgan fingerprint density at radius 3 is 2.39 bits per heavy atom. The van der Waals surface area contributed by atoms with Gasteiger partial charge in [0, 0.05) is 17.7 Å². The molecule has 116 valence electrons. The van der Waals surface area contributed by atoms with Gasteiger partial charge in [-0.3, -0.25) is 14.5 Å². The van der Waals surface area contributed by atoms with Gasteiger partial charge in [-0.1, -0.05) is 43.7 Å². The minimum Gasteiger partial charge on any atom is -0.313 e. The minimum absolute atomic E-state index is 0.0137. The number of para-hydroxylation sites is 1. The third-order valence-corrected chi connectivity index (χ3v) is 4.64. The van der Waals surface area contributed by atoms with Gasteiger partial charge in [-0.2, -0.15) is 0 Å². The molecule has 2 aliphatic rings. The van der Waals surface area contributed by atoms with Crippen molar-refractivity contribution in [2.45, 2.75) is 25.9 Å². The molecule has 1 atom stereocenters. The molecule has 2 heterocycles. The molecule has 2 aliphatic heterocycles. The van der Waals surface area contributed by atoms with Crippen LogP contribution in [0.1, 0.15) is 52.2 Å². The summed E-state index contributed by atoms with van der Waals surface area (Å²) in [5, 5.41) is 0. The first kappa shape index (κ1) is 14.0. The Morgan fingerprint density at radius 1 is 0.913 bits per heavy atom. The Labute approximate surface area is 135 Å². The van der Waals surface area contributed by atoms with Crippen LogP contribution in [-0.2, 0) is 0 Å². The zero-order valence-electron chi connectivity index (χ0n) is 13.0. The number of fused-ring (bicyclic) bond motifs is 5. The molecule has 0 aliphatic carbocycles. The van der Waals surface area contributed by atoms with Crippen LogP contribution in [0, 0.1) is 0 Å². The third kappa shape index (κ3) is 1.91. The number of unbranched alkanes of at least 4 members (excludes halogenated alkanes) is 1. The summed E-state index contributed by atoms with van der Waals surface area (Å²) in [7, 11) is 0. The van der Waals surface area contributed by atoms with Crippen LogP contribution in [-0.4, -0.2) is 23.3 Å². The highest BCUT2D eigenvalue weighted by atomic mass is 16.2. The summed E-state index contributed by atoms with van der Waals surface area (Å²) < 4.78 is 0. The van der Waals surface area contributed by atoms with Gasteiger partial charge in [-0.05, 0) is 24.6 Å². The molecular weight excluding hydrogens is 288 g/mol. The summed E-state index contributed by atoms with van der Waals surface area (Å²) in [5.41, 5.74) is 2.96. The van der Waals surface area contributed by atoms with Crippen LogP contribution in [0.4, 0.5) is 5.69 Å². The van der Waals surface area contributed by atoms with E-state index in [1.54, 1.807) is 4.90 Å². The zero-order chi connectivity index (χ0) is 16.0. The third-order valence-electron chi connectivity index (χ3n) is 4.64. The average Bonchev–Trinajstić information content (AvgIpc) is 2.89. The highest BCUT2D eigenvalue weighted by Gasteiger charge is 2.47. The Kier molecular flexibility index (Phi) is 3.18. The molecule has 2 aromatic rings. The SMILES string of the molecule is CCCCN1C(=O)c2ccccc2N2C(=O)c3ccccc3C12. The first-order valence-electron chi connectivity index (χ1n) is 8.06. The topological polar surface area (TPSA) is 40.6 Å². The van der Waals surface area contributed by atoms with Gasteiger partial charge in [0.05, 0.1) is 11.3 Å². The maximum atomic E-state index is 13.0. The molecular formula is C19H18N2O2. The quantitative estimate of drug-likeness (QED) is 0.869. The molecule has 0 saturated heterocycles. The normalized spacial score (nSPS) is 18.7. The van der Waals surface area contributed by atoms with Crippen molar-refractivity contribution in [3.8, 4) is 0 Å². The van der Waals surface area contributed by atoms with E-state index in [-0.39, 0.29) is 18.0 Å². The van der Waals surface area contributed by atoms with E-state index in [1.165, 1.54) is 0 Å². The summed E-state index contributed by atoms with van der Waals surface area (Å²) in [6, 6.07) is 15.0. The molecule has 0 N–H and O–H groups in total. The fourth-order valence-electron chi connectivity index (χ4n) is 3.53. The predicted octanol–water partition coefficient (Wildman–Crippen LogP) is 3.60. The van der Waals surface area contributed by atoms with Crippen LogP contribution in [0.15, 0.2) is 48.5 Å². The van der Waals surface area contributed by atoms with E-state index in [2.05, 4.69) is 6.92 Å². The van der Waals surface area contributed by atoms with Crippen LogP contribution in [0.2, 0.25) is 0 Å². The monoisotopic (exact) mass is 306 g/mol. The van der Waals surface area contributed by atoms with Gasteiger partial charge in [-0.25, -0.2) is 0 Å². The number of hydrogen-bond donors (Lipinski definition) is 0. The zero-order valence-corrected chi connectivity index (χ0v) is 13.0. The number of anilines is 1. The lowest BCUT2D eigenvalue weighted by atomic mass is 10.0. The van der Waals surface area contributed by atoms with E-state index < -0.39 is 0 Å². The number of hydrogen-bond acceptors (Lipinski definition) is 2. The van der Waals surface area contributed by atoms with Crippen molar-refractivity contribution < 1.29 is 9.59 Å². The summed E-state index contributed by atoms with van der Waals surface area (Å²) in [4.78, 5) is 29.5. The smallest absolute Gasteiger partial charge is 0.260 e. The number of rotatable bonds is 3. The molecule has 4 nitrogen and oxygen atoms in total. The van der Waals surface area contributed by atoms with Crippen LogP contribution >= 0.6 is 0 Å². The molecule has 0 fully saturated rings. The van der Waals surface area contributed by atoms with Gasteiger partial charge in [0.15, 0.2) is 0 Å². The molecule has 0 bridgehead atoms. The Morgan fingerprint density at radius 2 is 1.61 bits per heavy atom. The van der Waals surface area contributed by atoms with Gasteiger partial charge in [0.25, 0.3) is 11.8 Å². The van der Waals surface area contributed by atoms with Gasteiger partial charge in [0.1, 0.15) is 6.17 Å². The fraction of sp³-hybridized carbons (Fsp3) is 0.263. The van der Waals surface area contributed by atoms with Crippen molar-refractivity contribution in [1.82, 2.24) is 4.90 Å². The van der Waals surface area contributed by atoms with Crippen molar-refractivity contribution in [2.75, 3.05) is 11.4 Å². The van der Waals surface area contributed by atoms with Crippen LogP contribution < -0.4 is 4.90 Å². The molecule has 0 aromatic heterocycles. The predicted molar refractivity (Wildman–Crippen MR) is 88.4 cm³/mol. The van der Waals surface area contributed by atoms with E-state index in [0.29, 0.717) is 17.7 Å². The van der Waals surface area contributed by atoms with Crippen molar-refractivity contribution in [3.63, 3.8) is 0 Å². The van der Waals surface area contributed by atoms with E-state index >= 15 is 0 Å². The molecule has 2 aromatic carbocycles. The van der Waals surface area contributed by atoms with Crippen LogP contribution in [0.3, 0.4) is 0 Å². The lowest BCUT2D eigenvalue weighted by Crippen LogP contribution is -2.48. The molecule has 0 saturated carbocycles. The summed E-state index contributed by atoms with van der Waals surface area (Å²) in [6.45, 7) is 2.76. The van der Waals surface area contributed by atoms with Gasteiger partial charge in [0.2, 0.25) is 0 Å². The Bertz CT molecular complexity index is 799. The average molecular weight is 306 g/mol. The van der Waals surface area contributed by atoms with Gasteiger partial charge >= 0.3 is 0 Å². The van der Waals surface area contributed by atoms with E-state index in [0.717, 1.165) is 24.1 Å². The summed E-state index contributed by atoms with van der Waals surface area (Å²) >= 11 is 0. The van der Waals surface area contributed by atoms with Crippen LogP contribution in [0.25, 0.3) is 0 Å². The van der Waals surface area contributed by atoms with Gasteiger partial charge in [-0.15, -0.1) is 0 Å². The van der Waals surface area contributed by atoms with Crippen molar-refractivity contribution in [1.29, 1.82) is 0 Å². The molecule has 0 radical (unpaired) electrons. The fourth-order valence-corrected chi connectivity index (χ4v) is 3.53. The van der Waals surface area contributed by atoms with Crippen molar-refractivity contribution in [3.05, 3.63) is 65.2 Å². The van der Waals surface area contributed by atoms with E-state index in [9.17, 15) is 9.59 Å². The van der Waals surface area contributed by atoms with Crippen molar-refractivity contribution in [2.24, 2.45) is 0 Å². The summed E-state index contributed by atoms with van der Waals surface area (Å²) in [5.74, 6) is -0.00754. The molecule has 4 rings (SSSR count). The lowest BCUT2D eigenvalue weighted by molar-refractivity contribution is 0.0644. The largest absolute Gasteiger partial charge is 0.313 e. The number of carbonyl (C=O) groups excluding carboxylic acids is 2. The number of carbonyl (C=O) groups is 2. The van der Waals surface area contributed by atoms with Crippen molar-refractivity contribution >= 4 is 17.5 Å².